The minimum atomic E-state index is 0.0819. The topological polar surface area (TPSA) is 44.5 Å². The highest BCUT2D eigenvalue weighted by Gasteiger charge is 2.12. The van der Waals surface area contributed by atoms with E-state index in [0.29, 0.717) is 6.61 Å². The lowest BCUT2D eigenvalue weighted by Gasteiger charge is -2.16. The van der Waals surface area contributed by atoms with Gasteiger partial charge in [0.05, 0.1) is 7.11 Å². The van der Waals surface area contributed by atoms with Gasteiger partial charge < -0.3 is 15.2 Å². The van der Waals surface area contributed by atoms with Crippen LogP contribution in [0.5, 0.6) is 11.5 Å². The van der Waals surface area contributed by atoms with Gasteiger partial charge in [-0.15, -0.1) is 0 Å². The number of benzene rings is 2. The van der Waals surface area contributed by atoms with Gasteiger partial charge in [-0.2, -0.15) is 0 Å². The number of hydrogen-bond acceptors (Lipinski definition) is 3. The maximum atomic E-state index is 6.02. The van der Waals surface area contributed by atoms with Gasteiger partial charge in [-0.25, -0.2) is 0 Å². The van der Waals surface area contributed by atoms with Crippen molar-refractivity contribution in [2.75, 3.05) is 7.11 Å². The summed E-state index contributed by atoms with van der Waals surface area (Å²) in [4.78, 5) is 0. The Morgan fingerprint density at radius 2 is 1.90 bits per heavy atom. The summed E-state index contributed by atoms with van der Waals surface area (Å²) in [6.07, 6.45) is 0.764. The van der Waals surface area contributed by atoms with Crippen molar-refractivity contribution < 1.29 is 9.47 Å². The van der Waals surface area contributed by atoms with E-state index in [-0.39, 0.29) is 6.04 Å². The second-order valence-electron chi connectivity index (χ2n) is 5.41. The van der Waals surface area contributed by atoms with Gasteiger partial charge in [0.1, 0.15) is 6.61 Å². The van der Waals surface area contributed by atoms with Gasteiger partial charge in [-0.1, -0.05) is 42.0 Å². The number of nitrogens with two attached hydrogens (primary N) is 1. The van der Waals surface area contributed by atoms with Crippen LogP contribution in [-0.4, -0.2) is 13.2 Å². The summed E-state index contributed by atoms with van der Waals surface area (Å²) in [6, 6.07) is 14.3. The quantitative estimate of drug-likeness (QED) is 0.884. The molecular weight excluding hydrogens is 262 g/mol. The average molecular weight is 285 g/mol. The van der Waals surface area contributed by atoms with Crippen molar-refractivity contribution in [1.82, 2.24) is 0 Å². The third-order valence-corrected chi connectivity index (χ3v) is 3.29. The van der Waals surface area contributed by atoms with Crippen LogP contribution in [0.2, 0.25) is 0 Å². The normalized spacial score (nSPS) is 12.0. The fourth-order valence-electron chi connectivity index (χ4n) is 2.35. The predicted octanol–water partition coefficient (Wildman–Crippen LogP) is 3.47. The van der Waals surface area contributed by atoms with Crippen LogP contribution in [0.3, 0.4) is 0 Å². The number of aryl methyl sites for hydroxylation is 1. The molecule has 21 heavy (non-hydrogen) atoms. The van der Waals surface area contributed by atoms with Crippen LogP contribution in [-0.2, 0) is 13.0 Å². The van der Waals surface area contributed by atoms with Crippen molar-refractivity contribution >= 4 is 0 Å². The van der Waals surface area contributed by atoms with Gasteiger partial charge >= 0.3 is 0 Å². The van der Waals surface area contributed by atoms with Crippen molar-refractivity contribution in [2.45, 2.75) is 32.9 Å². The van der Waals surface area contributed by atoms with Crippen molar-refractivity contribution in [3.63, 3.8) is 0 Å². The first kappa shape index (κ1) is 15.4. The molecule has 0 aromatic heterocycles. The van der Waals surface area contributed by atoms with Crippen molar-refractivity contribution in [3.8, 4) is 11.5 Å². The first-order chi connectivity index (χ1) is 10.1. The second kappa shape index (κ2) is 7.14. The minimum Gasteiger partial charge on any atom is -0.493 e. The lowest BCUT2D eigenvalue weighted by atomic mass is 10.1. The van der Waals surface area contributed by atoms with E-state index >= 15 is 0 Å². The zero-order chi connectivity index (χ0) is 15.2. The van der Waals surface area contributed by atoms with Crippen molar-refractivity contribution in [3.05, 3.63) is 59.2 Å². The van der Waals surface area contributed by atoms with E-state index in [1.54, 1.807) is 7.11 Å². The molecule has 2 rings (SSSR count). The second-order valence-corrected chi connectivity index (χ2v) is 5.41. The lowest BCUT2D eigenvalue weighted by molar-refractivity contribution is 0.281. The largest absolute Gasteiger partial charge is 0.493 e. The lowest BCUT2D eigenvalue weighted by Crippen LogP contribution is -2.18. The summed E-state index contributed by atoms with van der Waals surface area (Å²) < 4.78 is 11.4. The summed E-state index contributed by atoms with van der Waals surface area (Å²) in [5.74, 6) is 1.54. The third kappa shape index (κ3) is 4.23. The van der Waals surface area contributed by atoms with Crippen molar-refractivity contribution in [1.29, 1.82) is 0 Å². The smallest absolute Gasteiger partial charge is 0.164 e. The molecule has 0 radical (unpaired) electrons. The molecule has 0 aliphatic rings. The van der Waals surface area contributed by atoms with Crippen LogP contribution in [0, 0.1) is 6.92 Å². The van der Waals surface area contributed by atoms with Crippen LogP contribution >= 0.6 is 0 Å². The molecule has 1 atom stereocenters. The van der Waals surface area contributed by atoms with Crippen LogP contribution in [0.4, 0.5) is 0 Å². The Morgan fingerprint density at radius 3 is 2.57 bits per heavy atom. The highest BCUT2D eigenvalue weighted by Crippen LogP contribution is 2.32. The van der Waals surface area contributed by atoms with Crippen LogP contribution < -0.4 is 15.2 Å². The minimum absolute atomic E-state index is 0.0819. The van der Waals surface area contributed by atoms with Gasteiger partial charge in [0, 0.05) is 6.04 Å². The molecule has 3 nitrogen and oxygen atoms in total. The molecular formula is C18H23NO2. The summed E-state index contributed by atoms with van der Waals surface area (Å²) in [6.45, 7) is 4.59. The fourth-order valence-corrected chi connectivity index (χ4v) is 2.35. The zero-order valence-corrected chi connectivity index (χ0v) is 12.9. The fraction of sp³-hybridized carbons (Fsp3) is 0.333. The zero-order valence-electron chi connectivity index (χ0n) is 12.9. The van der Waals surface area contributed by atoms with Crippen LogP contribution in [0.15, 0.2) is 42.5 Å². The molecule has 0 aliphatic heterocycles. The molecule has 2 aromatic rings. The molecule has 0 aliphatic carbocycles. The number of para-hydroxylation sites is 1. The Balaban J connectivity index is 2.21. The molecule has 0 amide bonds. The van der Waals surface area contributed by atoms with E-state index in [0.717, 1.165) is 29.0 Å². The maximum Gasteiger partial charge on any atom is 0.164 e. The molecule has 0 saturated carbocycles. The van der Waals surface area contributed by atoms with Gasteiger partial charge in [0.15, 0.2) is 11.5 Å². The SMILES string of the molecule is COc1cccc(CC(C)N)c1OCc1cccc(C)c1. The maximum absolute atomic E-state index is 6.02. The molecule has 112 valence electrons. The van der Waals surface area contributed by atoms with E-state index in [1.807, 2.05) is 31.2 Å². The molecule has 0 bridgehead atoms. The number of rotatable bonds is 6. The Morgan fingerprint density at radius 1 is 1.14 bits per heavy atom. The molecule has 2 aromatic carbocycles. The van der Waals surface area contributed by atoms with E-state index < -0.39 is 0 Å². The van der Waals surface area contributed by atoms with Gasteiger partial charge in [-0.05, 0) is 37.5 Å². The molecule has 0 heterocycles. The Labute approximate surface area is 126 Å². The monoisotopic (exact) mass is 285 g/mol. The molecule has 0 saturated heterocycles. The summed E-state index contributed by atoms with van der Waals surface area (Å²) in [5, 5.41) is 0. The summed E-state index contributed by atoms with van der Waals surface area (Å²) in [5.41, 5.74) is 9.37. The first-order valence-electron chi connectivity index (χ1n) is 7.20. The Bertz CT molecular complexity index is 594. The average Bonchev–Trinajstić information content (AvgIpc) is 2.45. The standard InChI is InChI=1S/C18H23NO2/c1-13-6-4-7-15(10-13)12-21-18-16(11-14(2)19)8-5-9-17(18)20-3/h4-10,14H,11-12,19H2,1-3H3. The molecule has 2 N–H and O–H groups in total. The summed E-state index contributed by atoms with van der Waals surface area (Å²) in [7, 11) is 1.66. The molecule has 1 unspecified atom stereocenters. The predicted molar refractivity (Wildman–Crippen MR) is 85.9 cm³/mol. The van der Waals surface area contributed by atoms with Crippen molar-refractivity contribution in [2.24, 2.45) is 5.73 Å². The third-order valence-electron chi connectivity index (χ3n) is 3.29. The molecule has 0 spiro atoms. The van der Waals surface area contributed by atoms with Crippen LogP contribution in [0.25, 0.3) is 0 Å². The first-order valence-corrected chi connectivity index (χ1v) is 7.20. The van der Waals surface area contributed by atoms with E-state index in [4.69, 9.17) is 15.2 Å². The Kier molecular flexibility index (Phi) is 5.23. The summed E-state index contributed by atoms with van der Waals surface area (Å²) >= 11 is 0. The van der Waals surface area contributed by atoms with E-state index in [9.17, 15) is 0 Å². The highest BCUT2D eigenvalue weighted by molar-refractivity contribution is 5.47. The van der Waals surface area contributed by atoms with Crippen LogP contribution in [0.1, 0.15) is 23.6 Å². The Hall–Kier alpha value is -2.00. The number of methoxy groups -OCH3 is 1. The number of ether oxygens (including phenoxy) is 2. The van der Waals surface area contributed by atoms with Gasteiger partial charge in [0.25, 0.3) is 0 Å². The van der Waals surface area contributed by atoms with E-state index in [2.05, 4.69) is 25.1 Å². The van der Waals surface area contributed by atoms with Gasteiger partial charge in [-0.3, -0.25) is 0 Å². The van der Waals surface area contributed by atoms with Gasteiger partial charge in [0.2, 0.25) is 0 Å². The number of hydrogen-bond donors (Lipinski definition) is 1. The molecule has 0 fully saturated rings. The van der Waals surface area contributed by atoms with E-state index in [1.165, 1.54) is 5.56 Å². The highest BCUT2D eigenvalue weighted by atomic mass is 16.5. The molecule has 3 heteroatoms.